The third-order valence-corrected chi connectivity index (χ3v) is 3.21. The van der Waals surface area contributed by atoms with Gasteiger partial charge in [0.2, 0.25) is 0 Å². The first-order valence-corrected chi connectivity index (χ1v) is 6.48. The second-order valence-corrected chi connectivity index (χ2v) is 4.64. The number of alkyl halides is 1. The lowest BCUT2D eigenvalue weighted by molar-refractivity contribution is 0.0948. The second kappa shape index (κ2) is 5.96. The number of carbonyl (C=O) groups excluding carboxylic acids is 1. The Hall–Kier alpha value is -1.42. The molecule has 1 unspecified atom stereocenters. The molecule has 1 atom stereocenters. The third kappa shape index (κ3) is 3.07. The first-order chi connectivity index (χ1) is 8.70. The Labute approximate surface area is 111 Å². The summed E-state index contributed by atoms with van der Waals surface area (Å²) in [6, 6.07) is 5.19. The van der Waals surface area contributed by atoms with Crippen LogP contribution in [0.1, 0.15) is 17.3 Å². The summed E-state index contributed by atoms with van der Waals surface area (Å²) in [6.45, 7) is 3.61. The van der Waals surface area contributed by atoms with Gasteiger partial charge in [-0.1, -0.05) is 6.92 Å². The first kappa shape index (κ1) is 13.0. The van der Waals surface area contributed by atoms with Gasteiger partial charge in [0.1, 0.15) is 13.2 Å². The van der Waals surface area contributed by atoms with Crippen LogP contribution in [0.5, 0.6) is 11.5 Å². The average molecular weight is 270 g/mol. The minimum atomic E-state index is -0.121. The van der Waals surface area contributed by atoms with Crippen molar-refractivity contribution < 1.29 is 14.3 Å². The van der Waals surface area contributed by atoms with Crippen LogP contribution in [-0.4, -0.2) is 31.5 Å². The summed E-state index contributed by atoms with van der Waals surface area (Å²) in [7, 11) is 0. The minimum absolute atomic E-state index is 0.121. The standard InChI is InChI=1S/C13H16ClNO3/c1-9(7-14)8-15-13(16)10-2-3-11-12(6-10)18-5-4-17-11/h2-3,6,9H,4-5,7-8H2,1H3,(H,15,16). The van der Waals surface area contributed by atoms with Gasteiger partial charge in [-0.3, -0.25) is 4.79 Å². The summed E-state index contributed by atoms with van der Waals surface area (Å²) in [5.41, 5.74) is 0.570. The Morgan fingerprint density at radius 3 is 2.83 bits per heavy atom. The molecular weight excluding hydrogens is 254 g/mol. The number of hydrogen-bond donors (Lipinski definition) is 1. The van der Waals surface area contributed by atoms with Crippen LogP contribution in [0.3, 0.4) is 0 Å². The molecule has 0 radical (unpaired) electrons. The molecule has 0 aromatic heterocycles. The zero-order chi connectivity index (χ0) is 13.0. The molecule has 1 amide bonds. The molecule has 0 saturated carbocycles. The highest BCUT2D eigenvalue weighted by atomic mass is 35.5. The van der Waals surface area contributed by atoms with Crippen molar-refractivity contribution in [2.75, 3.05) is 25.6 Å². The zero-order valence-electron chi connectivity index (χ0n) is 10.2. The molecule has 1 aromatic carbocycles. The van der Waals surface area contributed by atoms with E-state index in [4.69, 9.17) is 21.1 Å². The maximum atomic E-state index is 11.9. The molecule has 4 nitrogen and oxygen atoms in total. The van der Waals surface area contributed by atoms with Gasteiger partial charge in [-0.15, -0.1) is 11.6 Å². The maximum Gasteiger partial charge on any atom is 0.251 e. The van der Waals surface area contributed by atoms with Gasteiger partial charge in [0, 0.05) is 18.0 Å². The predicted molar refractivity (Wildman–Crippen MR) is 69.6 cm³/mol. The molecule has 1 aromatic rings. The Bertz CT molecular complexity index is 436. The van der Waals surface area contributed by atoms with Crippen molar-refractivity contribution >= 4 is 17.5 Å². The molecule has 18 heavy (non-hydrogen) atoms. The number of carbonyl (C=O) groups is 1. The van der Waals surface area contributed by atoms with Crippen molar-refractivity contribution in [2.45, 2.75) is 6.92 Å². The van der Waals surface area contributed by atoms with Gasteiger partial charge in [-0.2, -0.15) is 0 Å². The Morgan fingerprint density at radius 1 is 1.39 bits per heavy atom. The molecule has 0 fully saturated rings. The highest BCUT2D eigenvalue weighted by Gasteiger charge is 2.15. The number of fused-ring (bicyclic) bond motifs is 1. The lowest BCUT2D eigenvalue weighted by atomic mass is 10.1. The SMILES string of the molecule is CC(CCl)CNC(=O)c1ccc2c(c1)OCCO2. The number of rotatable bonds is 4. The molecule has 5 heteroatoms. The van der Waals surface area contributed by atoms with E-state index in [1.165, 1.54) is 0 Å². The van der Waals surface area contributed by atoms with Crippen LogP contribution in [0, 0.1) is 5.92 Å². The van der Waals surface area contributed by atoms with E-state index in [9.17, 15) is 4.79 Å². The zero-order valence-corrected chi connectivity index (χ0v) is 11.0. The molecule has 98 valence electrons. The topological polar surface area (TPSA) is 47.6 Å². The van der Waals surface area contributed by atoms with E-state index in [0.717, 1.165) is 0 Å². The highest BCUT2D eigenvalue weighted by molar-refractivity contribution is 6.18. The van der Waals surface area contributed by atoms with Crippen LogP contribution >= 0.6 is 11.6 Å². The normalized spacial score (nSPS) is 15.0. The maximum absolute atomic E-state index is 11.9. The summed E-state index contributed by atoms with van der Waals surface area (Å²) >= 11 is 5.69. The van der Waals surface area contributed by atoms with E-state index in [2.05, 4.69) is 5.32 Å². The fourth-order valence-electron chi connectivity index (χ4n) is 1.61. The van der Waals surface area contributed by atoms with Crippen molar-refractivity contribution in [1.82, 2.24) is 5.32 Å². The second-order valence-electron chi connectivity index (χ2n) is 4.33. The molecule has 1 aliphatic heterocycles. The third-order valence-electron chi connectivity index (χ3n) is 2.68. The predicted octanol–water partition coefficient (Wildman–Crippen LogP) is 2.06. The van der Waals surface area contributed by atoms with Crippen LogP contribution in [-0.2, 0) is 0 Å². The summed E-state index contributed by atoms with van der Waals surface area (Å²) in [6.07, 6.45) is 0. The first-order valence-electron chi connectivity index (χ1n) is 5.94. The number of benzene rings is 1. The molecule has 1 aliphatic rings. The molecule has 1 N–H and O–H groups in total. The van der Waals surface area contributed by atoms with Crippen molar-refractivity contribution in [3.63, 3.8) is 0 Å². The lowest BCUT2D eigenvalue weighted by Crippen LogP contribution is -2.29. The van der Waals surface area contributed by atoms with E-state index < -0.39 is 0 Å². The minimum Gasteiger partial charge on any atom is -0.486 e. The van der Waals surface area contributed by atoms with Crippen molar-refractivity contribution in [3.05, 3.63) is 23.8 Å². The molecule has 1 heterocycles. The molecule has 2 rings (SSSR count). The molecular formula is C13H16ClNO3. The molecule has 0 bridgehead atoms. The Kier molecular flexibility index (Phi) is 4.31. The van der Waals surface area contributed by atoms with Crippen LogP contribution < -0.4 is 14.8 Å². The molecule has 0 aliphatic carbocycles. The van der Waals surface area contributed by atoms with Gasteiger partial charge >= 0.3 is 0 Å². The van der Waals surface area contributed by atoms with Gasteiger partial charge in [-0.25, -0.2) is 0 Å². The fraction of sp³-hybridized carbons (Fsp3) is 0.462. The summed E-state index contributed by atoms with van der Waals surface area (Å²) in [4.78, 5) is 11.9. The van der Waals surface area contributed by atoms with E-state index in [1.807, 2.05) is 6.92 Å². The van der Waals surface area contributed by atoms with E-state index >= 15 is 0 Å². The Balaban J connectivity index is 2.02. The largest absolute Gasteiger partial charge is 0.486 e. The molecule has 0 spiro atoms. The van der Waals surface area contributed by atoms with E-state index in [-0.39, 0.29) is 11.8 Å². The van der Waals surface area contributed by atoms with Crippen molar-refractivity contribution in [3.8, 4) is 11.5 Å². The fourth-order valence-corrected chi connectivity index (χ4v) is 1.72. The highest BCUT2D eigenvalue weighted by Crippen LogP contribution is 2.30. The van der Waals surface area contributed by atoms with Gasteiger partial charge < -0.3 is 14.8 Å². The lowest BCUT2D eigenvalue weighted by Gasteiger charge is -2.18. The van der Waals surface area contributed by atoms with Crippen molar-refractivity contribution in [1.29, 1.82) is 0 Å². The monoisotopic (exact) mass is 269 g/mol. The van der Waals surface area contributed by atoms with E-state index in [1.54, 1.807) is 18.2 Å². The Morgan fingerprint density at radius 2 is 2.11 bits per heavy atom. The summed E-state index contributed by atoms with van der Waals surface area (Å²) in [5.74, 6) is 1.98. The summed E-state index contributed by atoms with van der Waals surface area (Å²) < 4.78 is 10.8. The van der Waals surface area contributed by atoms with Crippen LogP contribution in [0.25, 0.3) is 0 Å². The van der Waals surface area contributed by atoms with E-state index in [0.29, 0.717) is 42.7 Å². The van der Waals surface area contributed by atoms with Crippen LogP contribution in [0.2, 0.25) is 0 Å². The number of halogens is 1. The van der Waals surface area contributed by atoms with Gasteiger partial charge in [0.15, 0.2) is 11.5 Å². The van der Waals surface area contributed by atoms with Gasteiger partial charge in [0.05, 0.1) is 0 Å². The average Bonchev–Trinajstić information content (AvgIpc) is 2.43. The van der Waals surface area contributed by atoms with Crippen molar-refractivity contribution in [2.24, 2.45) is 5.92 Å². The number of hydrogen-bond acceptors (Lipinski definition) is 3. The van der Waals surface area contributed by atoms with Gasteiger partial charge in [0.25, 0.3) is 5.91 Å². The molecule has 0 saturated heterocycles. The van der Waals surface area contributed by atoms with Crippen LogP contribution in [0.4, 0.5) is 0 Å². The summed E-state index contributed by atoms with van der Waals surface area (Å²) in [5, 5.41) is 2.84. The number of nitrogens with one attached hydrogen (secondary N) is 1. The number of amides is 1. The van der Waals surface area contributed by atoms with Crippen LogP contribution in [0.15, 0.2) is 18.2 Å². The smallest absolute Gasteiger partial charge is 0.251 e. The quantitative estimate of drug-likeness (QED) is 0.851. The number of ether oxygens (including phenoxy) is 2. The van der Waals surface area contributed by atoms with Gasteiger partial charge in [-0.05, 0) is 24.1 Å².